The van der Waals surface area contributed by atoms with Gasteiger partial charge >= 0.3 is 0 Å². The third-order valence-corrected chi connectivity index (χ3v) is 2.80. The summed E-state index contributed by atoms with van der Waals surface area (Å²) in [6.07, 6.45) is 3.23. The van der Waals surface area contributed by atoms with E-state index in [4.69, 9.17) is 5.21 Å². The average Bonchev–Trinajstić information content (AvgIpc) is 2.18. The highest BCUT2D eigenvalue weighted by Crippen LogP contribution is 2.17. The van der Waals surface area contributed by atoms with Crippen LogP contribution in [0.3, 0.4) is 0 Å². The van der Waals surface area contributed by atoms with E-state index in [9.17, 15) is 0 Å². The summed E-state index contributed by atoms with van der Waals surface area (Å²) in [4.78, 5) is 2.46. The lowest BCUT2D eigenvalue weighted by molar-refractivity contribution is 0.228. The normalized spacial score (nSPS) is 28.2. The molecule has 1 fully saturated rings. The van der Waals surface area contributed by atoms with Crippen molar-refractivity contribution in [3.63, 3.8) is 0 Å². The number of piperidine rings is 1. The van der Waals surface area contributed by atoms with Gasteiger partial charge in [0.25, 0.3) is 0 Å². The molecule has 1 rings (SSSR count). The van der Waals surface area contributed by atoms with E-state index in [-0.39, 0.29) is 0 Å². The molecule has 13 heavy (non-hydrogen) atoms. The van der Waals surface area contributed by atoms with Crippen LogP contribution in [-0.2, 0) is 0 Å². The predicted octanol–water partition coefficient (Wildman–Crippen LogP) is 1.96. The van der Waals surface area contributed by atoms with Crippen LogP contribution in [-0.4, -0.2) is 35.5 Å². The van der Waals surface area contributed by atoms with Crippen LogP contribution in [0.4, 0.5) is 0 Å². The Balaban J connectivity index is 2.47. The molecule has 1 N–H and O–H groups in total. The molecule has 1 heterocycles. The zero-order valence-electron chi connectivity index (χ0n) is 8.66. The van der Waals surface area contributed by atoms with Crippen LogP contribution in [0.5, 0.6) is 0 Å². The summed E-state index contributed by atoms with van der Waals surface area (Å²) >= 11 is 0. The second-order valence-electron chi connectivity index (χ2n) is 3.75. The number of rotatable bonds is 3. The molecule has 3 heteroatoms. The fraction of sp³-hybridized carbons (Fsp3) is 0.900. The first-order valence-electron chi connectivity index (χ1n) is 5.25. The molecule has 1 unspecified atom stereocenters. The Labute approximate surface area is 80.4 Å². The van der Waals surface area contributed by atoms with Crippen LogP contribution in [0.15, 0.2) is 5.16 Å². The van der Waals surface area contributed by atoms with E-state index in [2.05, 4.69) is 23.9 Å². The Hall–Kier alpha value is -0.570. The number of oxime groups is 1. The first-order chi connectivity index (χ1) is 6.31. The van der Waals surface area contributed by atoms with Gasteiger partial charge in [-0.25, -0.2) is 0 Å². The van der Waals surface area contributed by atoms with E-state index in [1.165, 1.54) is 13.0 Å². The minimum atomic E-state index is 0.477. The quantitative estimate of drug-likeness (QED) is 0.537. The van der Waals surface area contributed by atoms with E-state index in [0.29, 0.717) is 5.92 Å². The summed E-state index contributed by atoms with van der Waals surface area (Å²) in [5.74, 6) is 0.477. The topological polar surface area (TPSA) is 35.8 Å². The second-order valence-corrected chi connectivity index (χ2v) is 3.75. The first kappa shape index (κ1) is 10.5. The lowest BCUT2D eigenvalue weighted by Gasteiger charge is -2.32. The minimum absolute atomic E-state index is 0.477. The van der Waals surface area contributed by atoms with E-state index in [1.807, 2.05) is 0 Å². The van der Waals surface area contributed by atoms with Crippen LogP contribution in [0.2, 0.25) is 0 Å². The monoisotopic (exact) mass is 184 g/mol. The summed E-state index contributed by atoms with van der Waals surface area (Å²) in [6.45, 7) is 7.67. The Morgan fingerprint density at radius 3 is 2.85 bits per heavy atom. The third-order valence-electron chi connectivity index (χ3n) is 2.80. The molecule has 1 atom stereocenters. The van der Waals surface area contributed by atoms with Crippen molar-refractivity contribution < 1.29 is 5.21 Å². The highest BCUT2D eigenvalue weighted by Gasteiger charge is 2.23. The zero-order valence-corrected chi connectivity index (χ0v) is 8.66. The SMILES string of the molecule is CCCN1CC/C(=N/O)C(CC)C1. The molecule has 0 saturated carbocycles. The van der Waals surface area contributed by atoms with Crippen molar-refractivity contribution in [2.75, 3.05) is 19.6 Å². The van der Waals surface area contributed by atoms with Crippen LogP contribution in [0.1, 0.15) is 33.1 Å². The van der Waals surface area contributed by atoms with Gasteiger partial charge in [-0.05, 0) is 19.4 Å². The molecular weight excluding hydrogens is 164 g/mol. The van der Waals surface area contributed by atoms with Crippen LogP contribution < -0.4 is 0 Å². The number of hydrogen-bond acceptors (Lipinski definition) is 3. The van der Waals surface area contributed by atoms with Crippen molar-refractivity contribution >= 4 is 5.71 Å². The van der Waals surface area contributed by atoms with E-state index < -0.39 is 0 Å². The van der Waals surface area contributed by atoms with Crippen molar-refractivity contribution in [1.82, 2.24) is 4.90 Å². The maximum absolute atomic E-state index is 8.78. The lowest BCUT2D eigenvalue weighted by Crippen LogP contribution is -2.40. The van der Waals surface area contributed by atoms with Gasteiger partial charge in [0, 0.05) is 25.4 Å². The summed E-state index contributed by atoms with van der Waals surface area (Å²) in [5, 5.41) is 12.2. The van der Waals surface area contributed by atoms with Gasteiger partial charge in [0.2, 0.25) is 0 Å². The summed E-state index contributed by atoms with van der Waals surface area (Å²) in [5.41, 5.74) is 0.995. The van der Waals surface area contributed by atoms with Crippen molar-refractivity contribution in [3.05, 3.63) is 0 Å². The van der Waals surface area contributed by atoms with Gasteiger partial charge in [-0.15, -0.1) is 0 Å². The molecule has 76 valence electrons. The molecule has 0 aromatic heterocycles. The lowest BCUT2D eigenvalue weighted by atomic mass is 9.93. The molecule has 3 nitrogen and oxygen atoms in total. The minimum Gasteiger partial charge on any atom is -0.411 e. The van der Waals surface area contributed by atoms with Crippen LogP contribution in [0, 0.1) is 5.92 Å². The molecule has 0 amide bonds. The summed E-state index contributed by atoms with van der Waals surface area (Å²) in [6, 6.07) is 0. The third kappa shape index (κ3) is 2.69. The standard InChI is InChI=1S/C10H20N2O/c1-3-6-12-7-5-10(11-13)9(4-2)8-12/h9,13H,3-8H2,1-2H3/b11-10-. The maximum atomic E-state index is 8.78. The predicted molar refractivity (Wildman–Crippen MR) is 54.4 cm³/mol. The van der Waals surface area contributed by atoms with Gasteiger partial charge in [0.05, 0.1) is 5.71 Å². The van der Waals surface area contributed by atoms with E-state index >= 15 is 0 Å². The van der Waals surface area contributed by atoms with Crippen molar-refractivity contribution in [2.45, 2.75) is 33.1 Å². The van der Waals surface area contributed by atoms with Gasteiger partial charge < -0.3 is 10.1 Å². The van der Waals surface area contributed by atoms with Gasteiger partial charge in [0.15, 0.2) is 0 Å². The largest absolute Gasteiger partial charge is 0.411 e. The van der Waals surface area contributed by atoms with Crippen molar-refractivity contribution in [3.8, 4) is 0 Å². The maximum Gasteiger partial charge on any atom is 0.0627 e. The molecular formula is C10H20N2O. The number of hydrogen-bond donors (Lipinski definition) is 1. The Kier molecular flexibility index (Phi) is 4.22. The highest BCUT2D eigenvalue weighted by molar-refractivity contribution is 5.87. The first-order valence-corrected chi connectivity index (χ1v) is 5.25. The molecule has 0 aliphatic carbocycles. The zero-order chi connectivity index (χ0) is 9.68. The van der Waals surface area contributed by atoms with Crippen LogP contribution in [0.25, 0.3) is 0 Å². The fourth-order valence-corrected chi connectivity index (χ4v) is 2.00. The van der Waals surface area contributed by atoms with Gasteiger partial charge in [-0.3, -0.25) is 0 Å². The number of nitrogens with zero attached hydrogens (tertiary/aromatic N) is 2. The molecule has 0 radical (unpaired) electrons. The molecule has 1 saturated heterocycles. The molecule has 0 bridgehead atoms. The molecule has 0 spiro atoms. The second kappa shape index (κ2) is 5.22. The molecule has 0 aromatic carbocycles. The Morgan fingerprint density at radius 2 is 2.31 bits per heavy atom. The summed E-state index contributed by atoms with van der Waals surface area (Å²) in [7, 11) is 0. The van der Waals surface area contributed by atoms with E-state index in [1.54, 1.807) is 0 Å². The Bertz CT molecular complexity index is 180. The van der Waals surface area contributed by atoms with Gasteiger partial charge in [-0.2, -0.15) is 0 Å². The van der Waals surface area contributed by atoms with Crippen LogP contribution >= 0.6 is 0 Å². The smallest absolute Gasteiger partial charge is 0.0627 e. The van der Waals surface area contributed by atoms with Crippen molar-refractivity contribution in [1.29, 1.82) is 0 Å². The molecule has 1 aliphatic heterocycles. The number of likely N-dealkylation sites (tertiary alicyclic amines) is 1. The van der Waals surface area contributed by atoms with E-state index in [0.717, 1.165) is 31.6 Å². The molecule has 0 aromatic rings. The molecule has 1 aliphatic rings. The van der Waals surface area contributed by atoms with Gasteiger partial charge in [0.1, 0.15) is 0 Å². The van der Waals surface area contributed by atoms with Crippen molar-refractivity contribution in [2.24, 2.45) is 11.1 Å². The fourth-order valence-electron chi connectivity index (χ4n) is 2.00. The summed E-state index contributed by atoms with van der Waals surface area (Å²) < 4.78 is 0. The van der Waals surface area contributed by atoms with Gasteiger partial charge in [-0.1, -0.05) is 19.0 Å². The Morgan fingerprint density at radius 1 is 1.54 bits per heavy atom. The average molecular weight is 184 g/mol. The highest BCUT2D eigenvalue weighted by atomic mass is 16.4.